The Kier molecular flexibility index (Phi) is 4.26. The SMILES string of the molecule is NC(=S)c1ccc(COc2ccc(C=O)cc2)cc1. The third-order valence-electron chi connectivity index (χ3n) is 2.66. The van der Waals surface area contributed by atoms with Crippen LogP contribution in [0.25, 0.3) is 0 Å². The summed E-state index contributed by atoms with van der Waals surface area (Å²) in [6.07, 6.45) is 0.804. The lowest BCUT2D eigenvalue weighted by Gasteiger charge is -2.07. The third-order valence-corrected chi connectivity index (χ3v) is 2.90. The van der Waals surface area contributed by atoms with Crippen LogP contribution in [0.1, 0.15) is 21.5 Å². The van der Waals surface area contributed by atoms with Gasteiger partial charge in [0, 0.05) is 11.1 Å². The maximum absolute atomic E-state index is 10.5. The Hall–Kier alpha value is -2.20. The van der Waals surface area contributed by atoms with Crippen molar-refractivity contribution in [1.82, 2.24) is 0 Å². The Bertz CT molecular complexity index is 576. The summed E-state index contributed by atoms with van der Waals surface area (Å²) in [7, 11) is 0. The Balaban J connectivity index is 1.97. The van der Waals surface area contributed by atoms with Crippen LogP contribution in [-0.4, -0.2) is 11.3 Å². The highest BCUT2D eigenvalue weighted by molar-refractivity contribution is 7.80. The van der Waals surface area contributed by atoms with E-state index in [4.69, 9.17) is 22.7 Å². The van der Waals surface area contributed by atoms with E-state index in [0.29, 0.717) is 17.2 Å². The number of hydrogen-bond donors (Lipinski definition) is 1. The van der Waals surface area contributed by atoms with Crippen molar-refractivity contribution in [3.63, 3.8) is 0 Å². The molecule has 0 aromatic heterocycles. The molecule has 0 radical (unpaired) electrons. The van der Waals surface area contributed by atoms with Crippen LogP contribution in [0, 0.1) is 0 Å². The molecule has 0 spiro atoms. The predicted molar refractivity (Wildman–Crippen MR) is 78.5 cm³/mol. The second-order valence-corrected chi connectivity index (χ2v) is 4.48. The minimum Gasteiger partial charge on any atom is -0.489 e. The average molecular weight is 271 g/mol. The molecule has 0 aliphatic carbocycles. The minimum absolute atomic E-state index is 0.386. The zero-order chi connectivity index (χ0) is 13.7. The number of carbonyl (C=O) groups is 1. The van der Waals surface area contributed by atoms with Gasteiger partial charge in [0.1, 0.15) is 23.6 Å². The lowest BCUT2D eigenvalue weighted by Crippen LogP contribution is -2.09. The van der Waals surface area contributed by atoms with Crippen LogP contribution in [0.3, 0.4) is 0 Å². The molecule has 2 aromatic rings. The molecule has 0 saturated heterocycles. The van der Waals surface area contributed by atoms with E-state index >= 15 is 0 Å². The van der Waals surface area contributed by atoms with E-state index in [1.54, 1.807) is 24.3 Å². The predicted octanol–water partition coefficient (Wildman–Crippen LogP) is 2.71. The number of thiocarbonyl (C=S) groups is 1. The molecule has 0 bridgehead atoms. The molecule has 0 aliphatic heterocycles. The number of ether oxygens (including phenoxy) is 1. The molecule has 3 nitrogen and oxygen atoms in total. The summed E-state index contributed by atoms with van der Waals surface area (Å²) in [4.78, 5) is 10.9. The van der Waals surface area contributed by atoms with Gasteiger partial charge in [0.15, 0.2) is 0 Å². The van der Waals surface area contributed by atoms with Crippen molar-refractivity contribution < 1.29 is 9.53 Å². The largest absolute Gasteiger partial charge is 0.489 e. The minimum atomic E-state index is 0.386. The van der Waals surface area contributed by atoms with Crippen molar-refractivity contribution in [2.75, 3.05) is 0 Å². The zero-order valence-electron chi connectivity index (χ0n) is 10.2. The highest BCUT2D eigenvalue weighted by Crippen LogP contribution is 2.14. The van der Waals surface area contributed by atoms with Crippen molar-refractivity contribution in [2.45, 2.75) is 6.61 Å². The normalized spacial score (nSPS) is 9.89. The summed E-state index contributed by atoms with van der Waals surface area (Å²) < 4.78 is 5.61. The molecule has 0 heterocycles. The van der Waals surface area contributed by atoms with E-state index in [9.17, 15) is 4.79 Å². The quantitative estimate of drug-likeness (QED) is 0.671. The summed E-state index contributed by atoms with van der Waals surface area (Å²) in [6, 6.07) is 14.6. The second-order valence-electron chi connectivity index (χ2n) is 4.04. The first kappa shape index (κ1) is 13.2. The van der Waals surface area contributed by atoms with E-state index < -0.39 is 0 Å². The van der Waals surface area contributed by atoms with Gasteiger partial charge in [0.2, 0.25) is 0 Å². The lowest BCUT2D eigenvalue weighted by atomic mass is 10.1. The van der Waals surface area contributed by atoms with Crippen LogP contribution in [0.2, 0.25) is 0 Å². The van der Waals surface area contributed by atoms with Crippen LogP contribution in [-0.2, 0) is 6.61 Å². The van der Waals surface area contributed by atoms with Crippen LogP contribution in [0.15, 0.2) is 48.5 Å². The van der Waals surface area contributed by atoms with Gasteiger partial charge in [-0.1, -0.05) is 36.5 Å². The molecule has 2 rings (SSSR count). The highest BCUT2D eigenvalue weighted by Gasteiger charge is 1.99. The van der Waals surface area contributed by atoms with Crippen LogP contribution in [0.5, 0.6) is 5.75 Å². The Morgan fingerprint density at radius 1 is 1.11 bits per heavy atom. The molecule has 0 atom stereocenters. The fourth-order valence-corrected chi connectivity index (χ4v) is 1.71. The molecule has 19 heavy (non-hydrogen) atoms. The molecule has 0 unspecified atom stereocenters. The first-order valence-corrected chi connectivity index (χ1v) is 6.16. The second kappa shape index (κ2) is 6.11. The van der Waals surface area contributed by atoms with Crippen molar-refractivity contribution in [1.29, 1.82) is 0 Å². The van der Waals surface area contributed by atoms with E-state index in [-0.39, 0.29) is 0 Å². The molecular formula is C15H13NO2S. The molecule has 2 N–H and O–H groups in total. The topological polar surface area (TPSA) is 52.3 Å². The first-order valence-electron chi connectivity index (χ1n) is 5.76. The van der Waals surface area contributed by atoms with E-state index in [1.807, 2.05) is 24.3 Å². The maximum atomic E-state index is 10.5. The molecule has 0 aliphatic rings. The number of hydrogen-bond acceptors (Lipinski definition) is 3. The number of nitrogens with two attached hydrogens (primary N) is 1. The molecule has 4 heteroatoms. The van der Waals surface area contributed by atoms with Gasteiger partial charge in [-0.15, -0.1) is 0 Å². The van der Waals surface area contributed by atoms with E-state index in [1.165, 1.54) is 0 Å². The summed E-state index contributed by atoms with van der Waals surface area (Å²) in [5.74, 6) is 0.726. The first-order chi connectivity index (χ1) is 9.19. The number of aldehydes is 1. The number of carbonyl (C=O) groups excluding carboxylic acids is 1. The molecule has 2 aromatic carbocycles. The zero-order valence-corrected chi connectivity index (χ0v) is 11.0. The van der Waals surface area contributed by atoms with Crippen molar-refractivity contribution in [3.8, 4) is 5.75 Å². The summed E-state index contributed by atoms with van der Waals surface area (Å²) in [5.41, 5.74) is 8.03. The van der Waals surface area contributed by atoms with E-state index in [2.05, 4.69) is 0 Å². The van der Waals surface area contributed by atoms with E-state index in [0.717, 1.165) is 23.2 Å². The smallest absolute Gasteiger partial charge is 0.150 e. The van der Waals surface area contributed by atoms with Crippen LogP contribution < -0.4 is 10.5 Å². The van der Waals surface area contributed by atoms with Gasteiger partial charge >= 0.3 is 0 Å². The van der Waals surface area contributed by atoms with Gasteiger partial charge in [0.05, 0.1) is 0 Å². The average Bonchev–Trinajstić information content (AvgIpc) is 2.46. The summed E-state index contributed by atoms with van der Waals surface area (Å²) in [6.45, 7) is 0.456. The third kappa shape index (κ3) is 3.63. The lowest BCUT2D eigenvalue weighted by molar-refractivity contribution is 0.112. The standard InChI is InChI=1S/C15H13NO2S/c16-15(19)13-5-1-12(2-6-13)10-18-14-7-3-11(9-17)4-8-14/h1-9H,10H2,(H2,16,19). The molecular weight excluding hydrogens is 258 g/mol. The fourth-order valence-electron chi connectivity index (χ4n) is 1.57. The van der Waals surface area contributed by atoms with Gasteiger partial charge in [-0.25, -0.2) is 0 Å². The van der Waals surface area contributed by atoms with Crippen molar-refractivity contribution >= 4 is 23.5 Å². The maximum Gasteiger partial charge on any atom is 0.150 e. The fraction of sp³-hybridized carbons (Fsp3) is 0.0667. The van der Waals surface area contributed by atoms with Gasteiger partial charge in [-0.2, -0.15) is 0 Å². The van der Waals surface area contributed by atoms with Crippen molar-refractivity contribution in [2.24, 2.45) is 5.73 Å². The Labute approximate surface area is 117 Å². The Morgan fingerprint density at radius 2 is 1.74 bits per heavy atom. The highest BCUT2D eigenvalue weighted by atomic mass is 32.1. The molecule has 0 saturated carbocycles. The van der Waals surface area contributed by atoms with Gasteiger partial charge in [-0.05, 0) is 29.8 Å². The molecule has 96 valence electrons. The number of benzene rings is 2. The monoisotopic (exact) mass is 271 g/mol. The summed E-state index contributed by atoms with van der Waals surface area (Å²) in [5, 5.41) is 0. The van der Waals surface area contributed by atoms with Gasteiger partial charge < -0.3 is 10.5 Å². The van der Waals surface area contributed by atoms with Gasteiger partial charge in [0.25, 0.3) is 0 Å². The van der Waals surface area contributed by atoms with Crippen LogP contribution >= 0.6 is 12.2 Å². The Morgan fingerprint density at radius 3 is 2.26 bits per heavy atom. The van der Waals surface area contributed by atoms with Crippen molar-refractivity contribution in [3.05, 3.63) is 65.2 Å². The number of rotatable bonds is 5. The summed E-state index contributed by atoms with van der Waals surface area (Å²) >= 11 is 4.89. The molecule has 0 fully saturated rings. The van der Waals surface area contributed by atoms with Gasteiger partial charge in [-0.3, -0.25) is 4.79 Å². The molecule has 0 amide bonds. The van der Waals surface area contributed by atoms with Crippen LogP contribution in [0.4, 0.5) is 0 Å².